The molecule has 0 amide bonds. The van der Waals surface area contributed by atoms with Gasteiger partial charge in [-0.25, -0.2) is 0 Å². The summed E-state index contributed by atoms with van der Waals surface area (Å²) in [7, 11) is 0. The van der Waals surface area contributed by atoms with E-state index < -0.39 is 12.1 Å². The van der Waals surface area contributed by atoms with Crippen molar-refractivity contribution < 1.29 is 22.4 Å². The van der Waals surface area contributed by atoms with Crippen LogP contribution in [-0.2, 0) is 0 Å². The second-order valence-corrected chi connectivity index (χ2v) is 5.80. The summed E-state index contributed by atoms with van der Waals surface area (Å²) in [5.41, 5.74) is 6.39. The molecule has 152 valence electrons. The molecule has 0 unspecified atom stereocenters. The lowest BCUT2D eigenvalue weighted by molar-refractivity contribution is -0.274. The number of nitrogens with zero attached hydrogens (tertiary/aromatic N) is 5. The molecule has 2 aromatic carbocycles. The van der Waals surface area contributed by atoms with Gasteiger partial charge in [0.2, 0.25) is 23.5 Å². The van der Waals surface area contributed by atoms with Gasteiger partial charge in [0.25, 0.3) is 5.89 Å². The molecule has 0 radical (unpaired) electrons. The molecule has 2 aromatic heterocycles. The van der Waals surface area contributed by atoms with Crippen molar-refractivity contribution in [3.05, 3.63) is 54.6 Å². The quantitative estimate of drug-likeness (QED) is 0.500. The Labute approximate surface area is 166 Å². The monoisotopic (exact) mass is 415 g/mol. The summed E-state index contributed by atoms with van der Waals surface area (Å²) in [4.78, 5) is 16.2. The molecule has 30 heavy (non-hydrogen) atoms. The molecule has 12 heteroatoms. The highest BCUT2D eigenvalue weighted by atomic mass is 19.4. The van der Waals surface area contributed by atoms with Crippen molar-refractivity contribution in [3.8, 4) is 28.9 Å². The number of nitrogen functional groups attached to an aromatic ring is 1. The Morgan fingerprint density at radius 1 is 0.867 bits per heavy atom. The number of nitrogens with one attached hydrogen (secondary N) is 1. The highest BCUT2D eigenvalue weighted by Crippen LogP contribution is 2.33. The number of ether oxygens (including phenoxy) is 1. The minimum Gasteiger partial charge on any atom is -0.405 e. The van der Waals surface area contributed by atoms with Crippen LogP contribution >= 0.6 is 0 Å². The fourth-order valence-electron chi connectivity index (χ4n) is 2.48. The molecule has 0 aliphatic carbocycles. The Morgan fingerprint density at radius 2 is 1.60 bits per heavy atom. The Morgan fingerprint density at radius 3 is 2.37 bits per heavy atom. The summed E-state index contributed by atoms with van der Waals surface area (Å²) in [6.07, 6.45) is -4.88. The number of anilines is 3. The molecule has 0 spiro atoms. The first-order chi connectivity index (χ1) is 14.4. The first kappa shape index (κ1) is 19.1. The average Bonchev–Trinajstić information content (AvgIpc) is 3.18. The number of nitrogens with two attached hydrogens (primary N) is 1. The third-order valence-corrected chi connectivity index (χ3v) is 3.65. The zero-order valence-corrected chi connectivity index (χ0v) is 15.0. The van der Waals surface area contributed by atoms with Crippen LogP contribution in [0.25, 0.3) is 23.1 Å². The third kappa shape index (κ3) is 4.43. The standard InChI is InChI=1S/C18H12F3N7O2/c19-18(20,21)29-12-9-5-4-8-11(12)15-24-14(28-30-15)13-25-16(22)27-17(26-13)23-10-6-2-1-3-7-10/h1-9H,(H3,22,23,25,26,27). The molecular weight excluding hydrogens is 403 g/mol. The first-order valence-corrected chi connectivity index (χ1v) is 8.40. The summed E-state index contributed by atoms with van der Waals surface area (Å²) >= 11 is 0. The molecule has 4 aromatic rings. The van der Waals surface area contributed by atoms with E-state index >= 15 is 0 Å². The van der Waals surface area contributed by atoms with Crippen molar-refractivity contribution in [1.82, 2.24) is 25.1 Å². The SMILES string of the molecule is Nc1nc(Nc2ccccc2)nc(-c2noc(-c3ccccc3OC(F)(F)F)n2)n1. The molecule has 0 fully saturated rings. The lowest BCUT2D eigenvalue weighted by atomic mass is 10.2. The van der Waals surface area contributed by atoms with Gasteiger partial charge >= 0.3 is 6.36 Å². The number of rotatable bonds is 5. The molecule has 0 saturated heterocycles. The van der Waals surface area contributed by atoms with E-state index in [4.69, 9.17) is 10.3 Å². The maximum Gasteiger partial charge on any atom is 0.573 e. The van der Waals surface area contributed by atoms with Crippen LogP contribution in [0.3, 0.4) is 0 Å². The summed E-state index contributed by atoms with van der Waals surface area (Å²) in [5.74, 6) is -0.771. The molecule has 0 aliphatic heterocycles. The number of hydrogen-bond acceptors (Lipinski definition) is 9. The molecular formula is C18H12F3N7O2. The van der Waals surface area contributed by atoms with Crippen molar-refractivity contribution in [1.29, 1.82) is 0 Å². The van der Waals surface area contributed by atoms with Gasteiger partial charge in [-0.1, -0.05) is 35.5 Å². The highest BCUT2D eigenvalue weighted by Gasteiger charge is 2.33. The lowest BCUT2D eigenvalue weighted by Crippen LogP contribution is -2.17. The number of hydrogen-bond donors (Lipinski definition) is 2. The lowest BCUT2D eigenvalue weighted by Gasteiger charge is -2.10. The van der Waals surface area contributed by atoms with E-state index in [1.54, 1.807) is 12.1 Å². The van der Waals surface area contributed by atoms with Crippen LogP contribution in [0, 0.1) is 0 Å². The van der Waals surface area contributed by atoms with Gasteiger partial charge in [-0.2, -0.15) is 19.9 Å². The predicted octanol–water partition coefficient (Wildman–Crippen LogP) is 3.81. The number of aromatic nitrogens is 5. The zero-order valence-electron chi connectivity index (χ0n) is 15.0. The van der Waals surface area contributed by atoms with E-state index in [1.165, 1.54) is 18.2 Å². The summed E-state index contributed by atoms with van der Waals surface area (Å²) in [6, 6.07) is 14.5. The molecule has 9 nitrogen and oxygen atoms in total. The average molecular weight is 415 g/mol. The molecule has 0 bridgehead atoms. The van der Waals surface area contributed by atoms with Crippen molar-refractivity contribution in [3.63, 3.8) is 0 Å². The Balaban J connectivity index is 1.65. The van der Waals surface area contributed by atoms with Crippen LogP contribution < -0.4 is 15.8 Å². The maximum absolute atomic E-state index is 12.6. The van der Waals surface area contributed by atoms with Gasteiger partial charge in [-0.3, -0.25) is 0 Å². The Kier molecular flexibility index (Phi) is 4.88. The largest absolute Gasteiger partial charge is 0.573 e. The molecule has 4 rings (SSSR count). The van der Waals surface area contributed by atoms with E-state index in [2.05, 4.69) is 35.1 Å². The van der Waals surface area contributed by atoms with Crippen molar-refractivity contribution in [2.45, 2.75) is 6.36 Å². The minimum absolute atomic E-state index is 0.0230. The van der Waals surface area contributed by atoms with Crippen LogP contribution in [0.4, 0.5) is 30.8 Å². The second kappa shape index (κ2) is 7.66. The number of alkyl halides is 3. The topological polar surface area (TPSA) is 125 Å². The van der Waals surface area contributed by atoms with Gasteiger partial charge in [0, 0.05) is 5.69 Å². The van der Waals surface area contributed by atoms with Crippen LogP contribution in [-0.4, -0.2) is 31.5 Å². The maximum atomic E-state index is 12.6. The van der Waals surface area contributed by atoms with Crippen molar-refractivity contribution >= 4 is 17.6 Å². The third-order valence-electron chi connectivity index (χ3n) is 3.65. The first-order valence-electron chi connectivity index (χ1n) is 8.40. The predicted molar refractivity (Wildman–Crippen MR) is 99.4 cm³/mol. The van der Waals surface area contributed by atoms with E-state index in [0.717, 1.165) is 6.07 Å². The number of para-hydroxylation sites is 2. The normalized spacial score (nSPS) is 11.3. The molecule has 0 aliphatic rings. The van der Waals surface area contributed by atoms with Gasteiger partial charge < -0.3 is 20.3 Å². The van der Waals surface area contributed by atoms with Crippen LogP contribution in [0.5, 0.6) is 5.75 Å². The van der Waals surface area contributed by atoms with Crippen LogP contribution in [0.2, 0.25) is 0 Å². The van der Waals surface area contributed by atoms with Crippen LogP contribution in [0.15, 0.2) is 59.1 Å². The number of benzene rings is 2. The zero-order chi connectivity index (χ0) is 21.1. The summed E-state index contributed by atoms with van der Waals surface area (Å²) < 4.78 is 47.0. The van der Waals surface area contributed by atoms with Gasteiger partial charge in [-0.15, -0.1) is 13.2 Å². The van der Waals surface area contributed by atoms with Crippen LogP contribution in [0.1, 0.15) is 0 Å². The van der Waals surface area contributed by atoms with Gasteiger partial charge in [-0.05, 0) is 24.3 Å². The van der Waals surface area contributed by atoms with E-state index in [1.807, 2.05) is 18.2 Å². The molecule has 3 N–H and O–H groups in total. The fourth-order valence-corrected chi connectivity index (χ4v) is 2.48. The van der Waals surface area contributed by atoms with E-state index in [9.17, 15) is 13.2 Å². The number of halogens is 3. The van der Waals surface area contributed by atoms with E-state index in [-0.39, 0.29) is 35.0 Å². The van der Waals surface area contributed by atoms with Crippen molar-refractivity contribution in [2.75, 3.05) is 11.1 Å². The Bertz CT molecular complexity index is 1170. The second-order valence-electron chi connectivity index (χ2n) is 5.80. The van der Waals surface area contributed by atoms with Gasteiger partial charge in [0.15, 0.2) is 0 Å². The molecule has 2 heterocycles. The van der Waals surface area contributed by atoms with E-state index in [0.29, 0.717) is 5.69 Å². The van der Waals surface area contributed by atoms with Crippen molar-refractivity contribution in [2.24, 2.45) is 0 Å². The molecule has 0 atom stereocenters. The Hall–Kier alpha value is -4.22. The highest BCUT2D eigenvalue weighted by molar-refractivity contribution is 5.64. The van der Waals surface area contributed by atoms with Gasteiger partial charge in [0.1, 0.15) is 5.75 Å². The minimum atomic E-state index is -4.88. The smallest absolute Gasteiger partial charge is 0.405 e. The summed E-state index contributed by atoms with van der Waals surface area (Å²) in [6.45, 7) is 0. The molecule has 0 saturated carbocycles. The fraction of sp³-hybridized carbons (Fsp3) is 0.0556. The summed E-state index contributed by atoms with van der Waals surface area (Å²) in [5, 5.41) is 6.69. The van der Waals surface area contributed by atoms with Gasteiger partial charge in [0.05, 0.1) is 5.56 Å².